The summed E-state index contributed by atoms with van der Waals surface area (Å²) in [5, 5.41) is 5.18. The van der Waals surface area contributed by atoms with Gasteiger partial charge in [0.1, 0.15) is 12.4 Å². The van der Waals surface area contributed by atoms with Gasteiger partial charge >= 0.3 is 0 Å². The van der Waals surface area contributed by atoms with Crippen molar-refractivity contribution in [3.63, 3.8) is 0 Å². The van der Waals surface area contributed by atoms with Crippen molar-refractivity contribution in [2.45, 2.75) is 11.5 Å². The second-order valence-electron chi connectivity index (χ2n) is 4.10. The summed E-state index contributed by atoms with van der Waals surface area (Å²) in [6, 6.07) is 7.58. The maximum Gasteiger partial charge on any atom is 0.238 e. The molecule has 0 aliphatic rings. The standard InChI is InChI=1S/C13H13ClN2O4S/c1-19-13-9(3-2-6-16-13)8-20-12-5-4-10(7-11(12)14)21(15,17)18/h2-7H,8H2,1H3,(H2,15,17,18). The number of sulfonamides is 1. The molecule has 2 aromatic rings. The fraction of sp³-hybridized carbons (Fsp3) is 0.154. The van der Waals surface area contributed by atoms with Gasteiger partial charge in [0.25, 0.3) is 0 Å². The lowest BCUT2D eigenvalue weighted by Gasteiger charge is -2.11. The van der Waals surface area contributed by atoms with Gasteiger partial charge in [0, 0.05) is 6.20 Å². The molecule has 0 aliphatic carbocycles. The first kappa shape index (κ1) is 15.6. The van der Waals surface area contributed by atoms with Gasteiger partial charge < -0.3 is 9.47 Å². The van der Waals surface area contributed by atoms with E-state index < -0.39 is 10.0 Å². The lowest BCUT2D eigenvalue weighted by atomic mass is 10.3. The summed E-state index contributed by atoms with van der Waals surface area (Å²) in [5.41, 5.74) is 0.742. The van der Waals surface area contributed by atoms with Gasteiger partial charge in [0.15, 0.2) is 0 Å². The van der Waals surface area contributed by atoms with E-state index in [0.717, 1.165) is 5.56 Å². The van der Waals surface area contributed by atoms with Crippen LogP contribution in [0.2, 0.25) is 5.02 Å². The fourth-order valence-corrected chi connectivity index (χ4v) is 2.49. The van der Waals surface area contributed by atoms with E-state index in [1.807, 2.05) is 0 Å². The van der Waals surface area contributed by atoms with Gasteiger partial charge in [-0.25, -0.2) is 18.5 Å². The van der Waals surface area contributed by atoms with E-state index in [9.17, 15) is 8.42 Å². The van der Waals surface area contributed by atoms with Gasteiger partial charge in [-0.1, -0.05) is 11.6 Å². The highest BCUT2D eigenvalue weighted by molar-refractivity contribution is 7.89. The summed E-state index contributed by atoms with van der Waals surface area (Å²) in [6.07, 6.45) is 1.61. The molecule has 2 N–H and O–H groups in total. The number of pyridine rings is 1. The Kier molecular flexibility index (Phi) is 4.66. The third-order valence-corrected chi connectivity index (χ3v) is 3.86. The largest absolute Gasteiger partial charge is 0.487 e. The second kappa shape index (κ2) is 6.30. The summed E-state index contributed by atoms with van der Waals surface area (Å²) >= 11 is 5.98. The van der Waals surface area contributed by atoms with Crippen molar-refractivity contribution >= 4 is 21.6 Å². The van der Waals surface area contributed by atoms with Crippen molar-refractivity contribution in [3.8, 4) is 11.6 Å². The zero-order valence-corrected chi connectivity index (χ0v) is 12.7. The van der Waals surface area contributed by atoms with Crippen LogP contribution in [-0.4, -0.2) is 20.5 Å². The van der Waals surface area contributed by atoms with Crippen molar-refractivity contribution < 1.29 is 17.9 Å². The Hall–Kier alpha value is -1.83. The molecule has 1 heterocycles. The lowest BCUT2D eigenvalue weighted by molar-refractivity contribution is 0.294. The van der Waals surface area contributed by atoms with E-state index in [1.54, 1.807) is 18.3 Å². The van der Waals surface area contributed by atoms with E-state index >= 15 is 0 Å². The maximum atomic E-state index is 11.2. The molecule has 0 atom stereocenters. The molecular weight excluding hydrogens is 316 g/mol. The second-order valence-corrected chi connectivity index (χ2v) is 6.07. The molecular formula is C13H13ClN2O4S. The quantitative estimate of drug-likeness (QED) is 0.906. The molecule has 0 bridgehead atoms. The number of halogens is 1. The number of methoxy groups -OCH3 is 1. The molecule has 0 amide bonds. The summed E-state index contributed by atoms with van der Waals surface area (Å²) in [4.78, 5) is 3.98. The predicted molar refractivity (Wildman–Crippen MR) is 77.9 cm³/mol. The van der Waals surface area contributed by atoms with E-state index in [1.165, 1.54) is 25.3 Å². The van der Waals surface area contributed by atoms with Crippen LogP contribution < -0.4 is 14.6 Å². The molecule has 6 nitrogen and oxygen atoms in total. The molecule has 1 aromatic heterocycles. The summed E-state index contributed by atoms with van der Waals surface area (Å²) in [7, 11) is -2.28. The molecule has 0 fully saturated rings. The first-order valence-electron chi connectivity index (χ1n) is 5.85. The molecule has 21 heavy (non-hydrogen) atoms. The Balaban J connectivity index is 2.17. The smallest absolute Gasteiger partial charge is 0.238 e. The Morgan fingerprint density at radius 2 is 2.10 bits per heavy atom. The molecule has 0 spiro atoms. The van der Waals surface area contributed by atoms with Crippen molar-refractivity contribution in [3.05, 3.63) is 47.1 Å². The number of aromatic nitrogens is 1. The maximum absolute atomic E-state index is 11.2. The molecule has 2 rings (SSSR count). The number of nitrogens with zero attached hydrogens (tertiary/aromatic N) is 1. The topological polar surface area (TPSA) is 91.5 Å². The lowest BCUT2D eigenvalue weighted by Crippen LogP contribution is -2.12. The number of benzene rings is 1. The third kappa shape index (κ3) is 3.84. The number of rotatable bonds is 5. The highest BCUT2D eigenvalue weighted by Crippen LogP contribution is 2.28. The number of ether oxygens (including phenoxy) is 2. The zero-order valence-electron chi connectivity index (χ0n) is 11.1. The fourth-order valence-electron chi connectivity index (χ4n) is 1.65. The molecule has 0 radical (unpaired) electrons. The zero-order chi connectivity index (χ0) is 15.5. The van der Waals surface area contributed by atoms with Crippen molar-refractivity contribution in [1.29, 1.82) is 0 Å². The van der Waals surface area contributed by atoms with E-state index in [-0.39, 0.29) is 16.5 Å². The average Bonchev–Trinajstić information content (AvgIpc) is 2.45. The van der Waals surface area contributed by atoms with Gasteiger partial charge in [-0.05, 0) is 30.3 Å². The molecule has 0 saturated heterocycles. The summed E-state index contributed by atoms with van der Waals surface area (Å²) < 4.78 is 33.1. The molecule has 8 heteroatoms. The van der Waals surface area contributed by atoms with Crippen molar-refractivity contribution in [2.75, 3.05) is 7.11 Å². The van der Waals surface area contributed by atoms with Crippen LogP contribution in [0.5, 0.6) is 11.6 Å². The minimum Gasteiger partial charge on any atom is -0.487 e. The molecule has 1 aromatic carbocycles. The SMILES string of the molecule is COc1ncccc1COc1ccc(S(N)(=O)=O)cc1Cl. The highest BCUT2D eigenvalue weighted by atomic mass is 35.5. The Labute approximate surface area is 127 Å². The number of hydrogen-bond acceptors (Lipinski definition) is 5. The monoisotopic (exact) mass is 328 g/mol. The van der Waals surface area contributed by atoms with Crippen molar-refractivity contribution in [2.24, 2.45) is 5.14 Å². The first-order valence-corrected chi connectivity index (χ1v) is 7.77. The van der Waals surface area contributed by atoms with Gasteiger partial charge in [0.2, 0.25) is 15.9 Å². The number of nitrogens with two attached hydrogens (primary N) is 1. The Morgan fingerprint density at radius 1 is 1.33 bits per heavy atom. The predicted octanol–water partition coefficient (Wildman–Crippen LogP) is 1.97. The van der Waals surface area contributed by atoms with Crippen LogP contribution in [0, 0.1) is 0 Å². The minimum atomic E-state index is -3.79. The molecule has 0 saturated carbocycles. The van der Waals surface area contributed by atoms with E-state index in [4.69, 9.17) is 26.2 Å². The number of primary sulfonamides is 1. The molecule has 0 aliphatic heterocycles. The Morgan fingerprint density at radius 3 is 2.71 bits per heavy atom. The van der Waals surface area contributed by atoms with Gasteiger partial charge in [-0.15, -0.1) is 0 Å². The molecule has 112 valence electrons. The van der Waals surface area contributed by atoms with Gasteiger partial charge in [-0.2, -0.15) is 0 Å². The van der Waals surface area contributed by atoms with E-state index in [0.29, 0.717) is 11.6 Å². The van der Waals surface area contributed by atoms with Crippen LogP contribution in [0.1, 0.15) is 5.56 Å². The average molecular weight is 329 g/mol. The van der Waals surface area contributed by atoms with Crippen LogP contribution in [0.4, 0.5) is 0 Å². The van der Waals surface area contributed by atoms with Crippen LogP contribution in [-0.2, 0) is 16.6 Å². The van der Waals surface area contributed by atoms with Crippen molar-refractivity contribution in [1.82, 2.24) is 4.98 Å². The van der Waals surface area contributed by atoms with Gasteiger partial charge in [0.05, 0.1) is 22.6 Å². The molecule has 0 unspecified atom stereocenters. The first-order chi connectivity index (χ1) is 9.91. The normalized spacial score (nSPS) is 11.2. The third-order valence-electron chi connectivity index (χ3n) is 2.66. The summed E-state index contributed by atoms with van der Waals surface area (Å²) in [6.45, 7) is 0.186. The number of hydrogen-bond donors (Lipinski definition) is 1. The summed E-state index contributed by atoms with van der Waals surface area (Å²) in [5.74, 6) is 0.796. The Bertz CT molecular complexity index is 750. The van der Waals surface area contributed by atoms with Crippen LogP contribution in [0.3, 0.4) is 0 Å². The van der Waals surface area contributed by atoms with Crippen LogP contribution in [0.25, 0.3) is 0 Å². The van der Waals surface area contributed by atoms with E-state index in [2.05, 4.69) is 4.98 Å². The van der Waals surface area contributed by atoms with Crippen LogP contribution >= 0.6 is 11.6 Å². The minimum absolute atomic E-state index is 0.0705. The van der Waals surface area contributed by atoms with Gasteiger partial charge in [-0.3, -0.25) is 0 Å². The highest BCUT2D eigenvalue weighted by Gasteiger charge is 2.12. The van der Waals surface area contributed by atoms with Crippen LogP contribution in [0.15, 0.2) is 41.4 Å².